The van der Waals surface area contributed by atoms with Crippen LogP contribution in [0.1, 0.15) is 42.7 Å². The molecule has 1 atom stereocenters. The Morgan fingerprint density at radius 2 is 1.66 bits per heavy atom. The number of fused-ring (bicyclic) bond motifs is 2. The summed E-state index contributed by atoms with van der Waals surface area (Å²) in [7, 11) is 0. The summed E-state index contributed by atoms with van der Waals surface area (Å²) in [6.07, 6.45) is 3.02. The maximum Gasteiger partial charge on any atom is 0.231 e. The highest BCUT2D eigenvalue weighted by Crippen LogP contribution is 2.45. The van der Waals surface area contributed by atoms with E-state index in [1.807, 2.05) is 41.3 Å². The van der Waals surface area contributed by atoms with Crippen LogP contribution in [0.2, 0.25) is 0 Å². The van der Waals surface area contributed by atoms with E-state index in [0.717, 1.165) is 25.3 Å². The van der Waals surface area contributed by atoms with E-state index < -0.39 is 11.3 Å². The third-order valence-electron chi connectivity index (χ3n) is 7.29. The quantitative estimate of drug-likeness (QED) is 0.381. The van der Waals surface area contributed by atoms with E-state index in [2.05, 4.69) is 0 Å². The van der Waals surface area contributed by atoms with Crippen molar-refractivity contribution in [3.63, 3.8) is 0 Å². The van der Waals surface area contributed by atoms with Gasteiger partial charge < -0.3 is 29.0 Å². The molecular formula is C30H27NO7. The first kappa shape index (κ1) is 23.9. The highest BCUT2D eigenvalue weighted by atomic mass is 16.7. The standard InChI is InChI=1S/C30H27NO7/c32-21-15-22(33)29-23(34)16-25(18-7-3-1-4-8-18)38-30(29)28(21)20(14-27(35)31-11-5-2-6-12-31)19-9-10-24-26(13-19)37-17-36-24/h1,3-4,7-10,13,15-16,20,32-33H,2,5-6,11-12,14,17H2/t20-/m0/s1. The first-order chi connectivity index (χ1) is 18.5. The highest BCUT2D eigenvalue weighted by Gasteiger charge is 2.31. The van der Waals surface area contributed by atoms with Gasteiger partial charge in [-0.15, -0.1) is 0 Å². The number of likely N-dealkylation sites (tertiary alicyclic amines) is 1. The molecule has 38 heavy (non-hydrogen) atoms. The first-order valence-electron chi connectivity index (χ1n) is 12.7. The van der Waals surface area contributed by atoms with Crippen LogP contribution >= 0.6 is 0 Å². The van der Waals surface area contributed by atoms with Crippen molar-refractivity contribution in [1.29, 1.82) is 0 Å². The van der Waals surface area contributed by atoms with E-state index in [1.165, 1.54) is 6.07 Å². The number of phenolic OH excluding ortho intramolecular Hbond substituents is 2. The molecule has 6 rings (SSSR count). The van der Waals surface area contributed by atoms with Gasteiger partial charge in [-0.05, 0) is 37.0 Å². The third-order valence-corrected chi connectivity index (χ3v) is 7.29. The number of piperidine rings is 1. The number of benzene rings is 3. The molecule has 0 bridgehead atoms. The number of aromatic hydroxyl groups is 2. The van der Waals surface area contributed by atoms with Crippen LogP contribution in [0.5, 0.6) is 23.0 Å². The summed E-state index contributed by atoms with van der Waals surface area (Å²) in [6.45, 7) is 1.46. The molecule has 8 heteroatoms. The maximum absolute atomic E-state index is 13.5. The average Bonchev–Trinajstić information content (AvgIpc) is 3.41. The summed E-state index contributed by atoms with van der Waals surface area (Å²) in [4.78, 5) is 28.6. The van der Waals surface area contributed by atoms with Crippen molar-refractivity contribution in [3.8, 4) is 34.3 Å². The number of phenols is 2. The van der Waals surface area contributed by atoms with Crippen molar-refractivity contribution in [2.24, 2.45) is 0 Å². The van der Waals surface area contributed by atoms with Crippen molar-refractivity contribution in [2.75, 3.05) is 19.9 Å². The zero-order valence-electron chi connectivity index (χ0n) is 20.7. The molecule has 194 valence electrons. The van der Waals surface area contributed by atoms with E-state index in [1.54, 1.807) is 12.1 Å². The predicted octanol–water partition coefficient (Wildman–Crippen LogP) is 5.13. The molecule has 2 aliphatic heterocycles. The van der Waals surface area contributed by atoms with Crippen molar-refractivity contribution in [2.45, 2.75) is 31.6 Å². The summed E-state index contributed by atoms with van der Waals surface area (Å²) in [5.74, 6) is 0.0187. The molecule has 1 aromatic heterocycles. The van der Waals surface area contributed by atoms with Gasteiger partial charge in [0.25, 0.3) is 0 Å². The van der Waals surface area contributed by atoms with Gasteiger partial charge in [0, 0.05) is 48.7 Å². The lowest BCUT2D eigenvalue weighted by Crippen LogP contribution is -2.36. The maximum atomic E-state index is 13.5. The third kappa shape index (κ3) is 4.32. The number of carbonyl (C=O) groups is 1. The number of rotatable bonds is 5. The number of hydrogen-bond donors (Lipinski definition) is 2. The molecule has 2 N–H and O–H groups in total. The fourth-order valence-electron chi connectivity index (χ4n) is 5.37. The van der Waals surface area contributed by atoms with Gasteiger partial charge in [-0.1, -0.05) is 36.4 Å². The monoisotopic (exact) mass is 513 g/mol. The largest absolute Gasteiger partial charge is 0.507 e. The van der Waals surface area contributed by atoms with E-state index in [0.29, 0.717) is 41.5 Å². The Morgan fingerprint density at radius 3 is 2.45 bits per heavy atom. The molecule has 1 amide bonds. The lowest BCUT2D eigenvalue weighted by molar-refractivity contribution is -0.132. The van der Waals surface area contributed by atoms with Crippen LogP contribution in [0.25, 0.3) is 22.3 Å². The Morgan fingerprint density at radius 1 is 0.895 bits per heavy atom. The minimum absolute atomic E-state index is 0.0341. The smallest absolute Gasteiger partial charge is 0.231 e. The Kier molecular flexibility index (Phi) is 6.15. The topological polar surface area (TPSA) is 109 Å². The molecule has 0 aliphatic carbocycles. The summed E-state index contributed by atoms with van der Waals surface area (Å²) < 4.78 is 17.3. The van der Waals surface area contributed by atoms with Crippen LogP contribution in [0.4, 0.5) is 0 Å². The second kappa shape index (κ2) is 9.78. The zero-order valence-corrected chi connectivity index (χ0v) is 20.7. The molecule has 0 radical (unpaired) electrons. The molecule has 0 saturated carbocycles. The molecule has 8 nitrogen and oxygen atoms in total. The van der Waals surface area contributed by atoms with Crippen LogP contribution in [-0.2, 0) is 4.79 Å². The Labute approximate surface area is 218 Å². The molecule has 0 spiro atoms. The van der Waals surface area contributed by atoms with Gasteiger partial charge in [0.05, 0.1) is 0 Å². The molecule has 4 aromatic rings. The Hall–Kier alpha value is -4.46. The fourth-order valence-corrected chi connectivity index (χ4v) is 5.37. The lowest BCUT2D eigenvalue weighted by atomic mass is 9.85. The minimum atomic E-state index is -0.684. The van der Waals surface area contributed by atoms with E-state index in [9.17, 15) is 19.8 Å². The van der Waals surface area contributed by atoms with Gasteiger partial charge in [0.2, 0.25) is 12.7 Å². The van der Waals surface area contributed by atoms with E-state index >= 15 is 0 Å². The van der Waals surface area contributed by atoms with Crippen LogP contribution in [-0.4, -0.2) is 40.9 Å². The van der Waals surface area contributed by atoms with Crippen molar-refractivity contribution in [1.82, 2.24) is 4.90 Å². The zero-order chi connectivity index (χ0) is 26.2. The fraction of sp³-hybridized carbons (Fsp3) is 0.267. The predicted molar refractivity (Wildman–Crippen MR) is 141 cm³/mol. The van der Waals surface area contributed by atoms with Crippen LogP contribution < -0.4 is 14.9 Å². The number of nitrogens with zero attached hydrogens (tertiary/aromatic N) is 1. The van der Waals surface area contributed by atoms with Gasteiger partial charge in [-0.2, -0.15) is 0 Å². The van der Waals surface area contributed by atoms with E-state index in [-0.39, 0.29) is 47.2 Å². The summed E-state index contributed by atoms with van der Waals surface area (Å²) in [5.41, 5.74) is 1.22. The van der Waals surface area contributed by atoms with Crippen molar-refractivity contribution in [3.05, 3.63) is 82.0 Å². The summed E-state index contributed by atoms with van der Waals surface area (Å²) in [5, 5.41) is 21.8. The molecule has 0 unspecified atom stereocenters. The van der Waals surface area contributed by atoms with Gasteiger partial charge in [0.1, 0.15) is 28.2 Å². The highest BCUT2D eigenvalue weighted by molar-refractivity contribution is 5.91. The number of carbonyl (C=O) groups excluding carboxylic acids is 1. The van der Waals surface area contributed by atoms with Crippen molar-refractivity contribution >= 4 is 16.9 Å². The van der Waals surface area contributed by atoms with Gasteiger partial charge >= 0.3 is 0 Å². The molecule has 1 fully saturated rings. The van der Waals surface area contributed by atoms with Crippen LogP contribution in [0, 0.1) is 0 Å². The molecule has 1 saturated heterocycles. The lowest BCUT2D eigenvalue weighted by Gasteiger charge is -2.29. The summed E-state index contributed by atoms with van der Waals surface area (Å²) >= 11 is 0. The summed E-state index contributed by atoms with van der Waals surface area (Å²) in [6, 6.07) is 17.0. The molecular weight excluding hydrogens is 486 g/mol. The van der Waals surface area contributed by atoms with Gasteiger partial charge in [0.15, 0.2) is 16.9 Å². The number of hydrogen-bond acceptors (Lipinski definition) is 7. The minimum Gasteiger partial charge on any atom is -0.507 e. The van der Waals surface area contributed by atoms with Crippen LogP contribution in [0.3, 0.4) is 0 Å². The second-order valence-electron chi connectivity index (χ2n) is 9.68. The van der Waals surface area contributed by atoms with Crippen LogP contribution in [0.15, 0.2) is 69.9 Å². The second-order valence-corrected chi connectivity index (χ2v) is 9.68. The SMILES string of the molecule is O=C(C[C@@H](c1ccc2c(c1)OCO2)c1c(O)cc(O)c2c(=O)cc(-c3ccccc3)oc12)N1CCCCC1. The Balaban J connectivity index is 1.55. The van der Waals surface area contributed by atoms with Crippen molar-refractivity contribution < 1.29 is 28.9 Å². The normalized spacial score (nSPS) is 15.5. The van der Waals surface area contributed by atoms with Gasteiger partial charge in [-0.25, -0.2) is 0 Å². The molecule has 3 heterocycles. The van der Waals surface area contributed by atoms with E-state index in [4.69, 9.17) is 13.9 Å². The molecule has 3 aromatic carbocycles. The molecule has 2 aliphatic rings. The number of amides is 1. The first-order valence-corrected chi connectivity index (χ1v) is 12.7. The van der Waals surface area contributed by atoms with Gasteiger partial charge in [-0.3, -0.25) is 9.59 Å². The Bertz CT molecular complexity index is 1570. The number of ether oxygens (including phenoxy) is 2. The average molecular weight is 514 g/mol.